The van der Waals surface area contributed by atoms with Crippen LogP contribution in [0.3, 0.4) is 0 Å². The van der Waals surface area contributed by atoms with E-state index in [-0.39, 0.29) is 24.3 Å². The lowest BCUT2D eigenvalue weighted by molar-refractivity contribution is 0.0136. The van der Waals surface area contributed by atoms with Crippen molar-refractivity contribution < 1.29 is 19.0 Å². The van der Waals surface area contributed by atoms with Crippen LogP contribution in [0.1, 0.15) is 35.7 Å². The molecule has 1 saturated heterocycles. The van der Waals surface area contributed by atoms with Gasteiger partial charge in [0.25, 0.3) is 5.91 Å². The van der Waals surface area contributed by atoms with Gasteiger partial charge in [-0.25, -0.2) is 4.39 Å². The second kappa shape index (κ2) is 7.21. The standard InChI is InChI=1S/C16H18FNO3/c1-11-9-13(6-8-21-11)18-16(20)14-5-4-12(3-2-7-19)10-15(14)17/h4-5,10-11,13,19H,6-9H2,1H3,(H,18,20). The molecule has 1 aliphatic heterocycles. The van der Waals surface area contributed by atoms with Gasteiger partial charge in [0.1, 0.15) is 12.4 Å². The Balaban J connectivity index is 2.05. The minimum absolute atomic E-state index is 0.00342. The van der Waals surface area contributed by atoms with E-state index in [1.54, 1.807) is 6.07 Å². The summed E-state index contributed by atoms with van der Waals surface area (Å²) in [7, 11) is 0. The minimum Gasteiger partial charge on any atom is -0.384 e. The molecule has 112 valence electrons. The Bertz CT molecular complexity index is 577. The Morgan fingerprint density at radius 1 is 1.57 bits per heavy atom. The van der Waals surface area contributed by atoms with Gasteiger partial charge in [0, 0.05) is 18.2 Å². The maximum Gasteiger partial charge on any atom is 0.254 e. The molecule has 21 heavy (non-hydrogen) atoms. The number of benzene rings is 1. The van der Waals surface area contributed by atoms with Crippen LogP contribution < -0.4 is 5.32 Å². The van der Waals surface area contributed by atoms with Crippen LogP contribution in [0.2, 0.25) is 0 Å². The van der Waals surface area contributed by atoms with Gasteiger partial charge in [0.05, 0.1) is 11.7 Å². The number of carbonyl (C=O) groups is 1. The normalized spacial score (nSPS) is 21.3. The van der Waals surface area contributed by atoms with Crippen molar-refractivity contribution in [1.29, 1.82) is 0 Å². The second-order valence-electron chi connectivity index (χ2n) is 5.03. The Kier molecular flexibility index (Phi) is 5.32. The van der Waals surface area contributed by atoms with E-state index in [9.17, 15) is 9.18 Å². The van der Waals surface area contributed by atoms with E-state index in [1.165, 1.54) is 12.1 Å². The molecule has 1 heterocycles. The number of aliphatic hydroxyl groups is 1. The molecule has 2 rings (SSSR count). The van der Waals surface area contributed by atoms with Crippen LogP contribution in [0.25, 0.3) is 0 Å². The number of carbonyl (C=O) groups excluding carboxylic acids is 1. The molecule has 1 aromatic rings. The molecule has 4 nitrogen and oxygen atoms in total. The quantitative estimate of drug-likeness (QED) is 0.811. The first kappa shape index (κ1) is 15.5. The average molecular weight is 291 g/mol. The number of halogens is 1. The monoisotopic (exact) mass is 291 g/mol. The predicted molar refractivity (Wildman–Crippen MR) is 76.3 cm³/mol. The topological polar surface area (TPSA) is 58.6 Å². The molecular formula is C16H18FNO3. The highest BCUT2D eigenvalue weighted by Crippen LogP contribution is 2.15. The highest BCUT2D eigenvalue weighted by atomic mass is 19.1. The number of rotatable bonds is 2. The molecule has 2 unspecified atom stereocenters. The zero-order valence-electron chi connectivity index (χ0n) is 11.9. The maximum absolute atomic E-state index is 13.9. The minimum atomic E-state index is -0.614. The molecule has 1 amide bonds. The van der Waals surface area contributed by atoms with Gasteiger partial charge in [-0.3, -0.25) is 4.79 Å². The fourth-order valence-electron chi connectivity index (χ4n) is 2.31. The summed E-state index contributed by atoms with van der Waals surface area (Å²) in [4.78, 5) is 12.1. The van der Waals surface area contributed by atoms with E-state index in [1.807, 2.05) is 6.92 Å². The summed E-state index contributed by atoms with van der Waals surface area (Å²) in [5.74, 6) is 4.00. The van der Waals surface area contributed by atoms with Crippen LogP contribution in [0.4, 0.5) is 4.39 Å². The zero-order valence-corrected chi connectivity index (χ0v) is 11.9. The largest absolute Gasteiger partial charge is 0.384 e. The van der Waals surface area contributed by atoms with Crippen LogP contribution in [0, 0.1) is 17.7 Å². The van der Waals surface area contributed by atoms with E-state index in [0.29, 0.717) is 12.2 Å². The van der Waals surface area contributed by atoms with Crippen molar-refractivity contribution in [3.05, 3.63) is 35.1 Å². The third-order valence-electron chi connectivity index (χ3n) is 3.35. The summed E-state index contributed by atoms with van der Waals surface area (Å²) >= 11 is 0. The number of amides is 1. The number of hydrogen-bond acceptors (Lipinski definition) is 3. The predicted octanol–water partition coefficient (Wildman–Crippen LogP) is 1.47. The fraction of sp³-hybridized carbons (Fsp3) is 0.438. The summed E-state index contributed by atoms with van der Waals surface area (Å²) < 4.78 is 19.4. The molecular weight excluding hydrogens is 273 g/mol. The van der Waals surface area contributed by atoms with Gasteiger partial charge in [-0.1, -0.05) is 11.8 Å². The Labute approximate surface area is 123 Å². The lowest BCUT2D eigenvalue weighted by Crippen LogP contribution is -2.41. The van der Waals surface area contributed by atoms with Crippen molar-refractivity contribution in [2.24, 2.45) is 0 Å². The maximum atomic E-state index is 13.9. The first-order valence-corrected chi connectivity index (χ1v) is 6.92. The molecule has 0 saturated carbocycles. The molecule has 1 aromatic carbocycles. The summed E-state index contributed by atoms with van der Waals surface area (Å²) in [6, 6.07) is 4.18. The van der Waals surface area contributed by atoms with Crippen molar-refractivity contribution >= 4 is 5.91 Å². The third-order valence-corrected chi connectivity index (χ3v) is 3.35. The van der Waals surface area contributed by atoms with Gasteiger partial charge in [-0.2, -0.15) is 0 Å². The number of ether oxygens (including phenoxy) is 1. The molecule has 0 aliphatic carbocycles. The highest BCUT2D eigenvalue weighted by molar-refractivity contribution is 5.94. The fourth-order valence-corrected chi connectivity index (χ4v) is 2.31. The summed E-state index contributed by atoms with van der Waals surface area (Å²) in [5, 5.41) is 11.4. The molecule has 2 atom stereocenters. The van der Waals surface area contributed by atoms with Gasteiger partial charge in [-0.05, 0) is 38.0 Å². The lowest BCUT2D eigenvalue weighted by atomic mass is 10.0. The molecule has 0 bridgehead atoms. The molecule has 1 aliphatic rings. The molecule has 5 heteroatoms. The second-order valence-corrected chi connectivity index (χ2v) is 5.03. The lowest BCUT2D eigenvalue weighted by Gasteiger charge is -2.28. The van der Waals surface area contributed by atoms with Crippen LogP contribution in [0.15, 0.2) is 18.2 Å². The van der Waals surface area contributed by atoms with E-state index >= 15 is 0 Å². The SMILES string of the molecule is CC1CC(NC(=O)c2ccc(C#CCO)cc2F)CCO1. The smallest absolute Gasteiger partial charge is 0.254 e. The third kappa shape index (κ3) is 4.28. The Hall–Kier alpha value is -1.90. The van der Waals surface area contributed by atoms with Gasteiger partial charge < -0.3 is 15.2 Å². The first-order valence-electron chi connectivity index (χ1n) is 6.92. The van der Waals surface area contributed by atoms with Crippen molar-refractivity contribution in [2.75, 3.05) is 13.2 Å². The van der Waals surface area contributed by atoms with Crippen molar-refractivity contribution in [2.45, 2.75) is 31.9 Å². The van der Waals surface area contributed by atoms with Gasteiger partial charge in [-0.15, -0.1) is 0 Å². The molecule has 0 aromatic heterocycles. The number of nitrogens with one attached hydrogen (secondary N) is 1. The van der Waals surface area contributed by atoms with Gasteiger partial charge >= 0.3 is 0 Å². The van der Waals surface area contributed by atoms with E-state index in [2.05, 4.69) is 17.2 Å². The highest BCUT2D eigenvalue weighted by Gasteiger charge is 2.22. The summed E-state index contributed by atoms with van der Waals surface area (Å²) in [6.45, 7) is 2.27. The summed E-state index contributed by atoms with van der Waals surface area (Å²) in [6.07, 6.45) is 1.57. The van der Waals surface area contributed by atoms with Crippen molar-refractivity contribution in [1.82, 2.24) is 5.32 Å². The van der Waals surface area contributed by atoms with E-state index in [4.69, 9.17) is 9.84 Å². The van der Waals surface area contributed by atoms with E-state index < -0.39 is 11.7 Å². The van der Waals surface area contributed by atoms with Gasteiger partial charge in [0.15, 0.2) is 0 Å². The van der Waals surface area contributed by atoms with E-state index in [0.717, 1.165) is 12.8 Å². The molecule has 0 radical (unpaired) electrons. The van der Waals surface area contributed by atoms with Crippen LogP contribution in [0.5, 0.6) is 0 Å². The summed E-state index contributed by atoms with van der Waals surface area (Å²) in [5.41, 5.74) is 0.432. The van der Waals surface area contributed by atoms with Crippen LogP contribution in [-0.4, -0.2) is 36.4 Å². The average Bonchev–Trinajstić information content (AvgIpc) is 2.45. The Morgan fingerprint density at radius 3 is 3.05 bits per heavy atom. The first-order chi connectivity index (χ1) is 10.1. The number of aliphatic hydroxyl groups excluding tert-OH is 1. The van der Waals surface area contributed by atoms with Crippen molar-refractivity contribution in [3.8, 4) is 11.8 Å². The molecule has 1 fully saturated rings. The van der Waals surface area contributed by atoms with Gasteiger partial charge in [0.2, 0.25) is 0 Å². The van der Waals surface area contributed by atoms with Crippen LogP contribution >= 0.6 is 0 Å². The Morgan fingerprint density at radius 2 is 2.38 bits per heavy atom. The number of hydrogen-bond donors (Lipinski definition) is 2. The zero-order chi connectivity index (χ0) is 15.2. The molecule has 2 N–H and O–H groups in total. The van der Waals surface area contributed by atoms with Crippen molar-refractivity contribution in [3.63, 3.8) is 0 Å². The molecule has 0 spiro atoms. The van der Waals surface area contributed by atoms with Crippen LogP contribution in [-0.2, 0) is 4.74 Å².